The van der Waals surface area contributed by atoms with Crippen molar-refractivity contribution in [3.63, 3.8) is 0 Å². The molecule has 4 heterocycles. The van der Waals surface area contributed by atoms with Crippen molar-refractivity contribution in [2.75, 3.05) is 27.3 Å². The number of H-pyrrole nitrogens is 2. The Bertz CT molecular complexity index is 2590. The molecule has 0 spiro atoms. The van der Waals surface area contributed by atoms with Crippen LogP contribution in [0.4, 0.5) is 22.8 Å². The highest BCUT2D eigenvalue weighted by Gasteiger charge is 2.39. The number of hydrogen-bond acceptors (Lipinski definition) is 9. The number of nitrogens with one attached hydrogen (secondary N) is 4. The number of halogens is 3. The van der Waals surface area contributed by atoms with Crippen molar-refractivity contribution in [3.8, 4) is 28.0 Å². The summed E-state index contributed by atoms with van der Waals surface area (Å²) in [5.74, 6) is -3.02. The molecule has 0 aliphatic carbocycles. The highest BCUT2D eigenvalue weighted by atomic mass is 19.4. The van der Waals surface area contributed by atoms with E-state index in [4.69, 9.17) is 13.8 Å². The molecule has 2 aromatic heterocycles. The molecule has 15 nitrogen and oxygen atoms in total. The molecule has 61 heavy (non-hydrogen) atoms. The number of alkyl carbamates (subject to hydrolysis) is 2. The maximum Gasteiger partial charge on any atom is 0.573 e. The number of carbonyl (C=O) groups excluding carboxylic acids is 4. The van der Waals surface area contributed by atoms with E-state index < -0.39 is 67.1 Å². The molecule has 18 heteroatoms. The van der Waals surface area contributed by atoms with Crippen molar-refractivity contribution in [2.45, 2.75) is 83.9 Å². The highest BCUT2D eigenvalue weighted by Crippen LogP contribution is 2.40. The van der Waals surface area contributed by atoms with E-state index in [1.807, 2.05) is 13.8 Å². The minimum absolute atomic E-state index is 0.132. The van der Waals surface area contributed by atoms with Gasteiger partial charge in [0.1, 0.15) is 29.5 Å². The zero-order valence-corrected chi connectivity index (χ0v) is 34.2. The second-order valence-electron chi connectivity index (χ2n) is 15.4. The van der Waals surface area contributed by atoms with Gasteiger partial charge in [-0.25, -0.2) is 19.6 Å². The predicted octanol–water partition coefficient (Wildman–Crippen LogP) is 7.76. The first-order valence-corrected chi connectivity index (χ1v) is 19.8. The Morgan fingerprint density at radius 3 is 1.87 bits per heavy atom. The Morgan fingerprint density at radius 1 is 0.787 bits per heavy atom. The van der Waals surface area contributed by atoms with Crippen LogP contribution in [0.2, 0.25) is 0 Å². The molecule has 4 amide bonds. The Hall–Kier alpha value is -6.33. The van der Waals surface area contributed by atoms with Crippen molar-refractivity contribution in [1.82, 2.24) is 40.4 Å². The van der Waals surface area contributed by atoms with Crippen molar-refractivity contribution in [3.05, 3.63) is 66.2 Å². The third kappa shape index (κ3) is 9.07. The van der Waals surface area contributed by atoms with E-state index in [2.05, 4.69) is 35.1 Å². The molecule has 2 fully saturated rings. The number of fused-ring (bicyclic) bond motifs is 2. The van der Waals surface area contributed by atoms with E-state index in [1.54, 1.807) is 47.4 Å². The van der Waals surface area contributed by atoms with Crippen LogP contribution in [0, 0.1) is 11.8 Å². The molecule has 5 atom stereocenters. The van der Waals surface area contributed by atoms with E-state index in [0.717, 1.165) is 13.5 Å². The number of nitrogens with zero attached hydrogens (tertiary/aromatic N) is 4. The third-order valence-electron chi connectivity index (χ3n) is 11.0. The number of carbonyl (C=O) groups is 4. The molecule has 324 valence electrons. The van der Waals surface area contributed by atoms with Crippen LogP contribution in [0.3, 0.4) is 0 Å². The number of alkyl halides is 3. The average Bonchev–Trinajstić information content (AvgIpc) is 4.09. The van der Waals surface area contributed by atoms with E-state index in [9.17, 15) is 32.3 Å². The monoisotopic (exact) mass is 849 g/mol. The molecular formula is C43H49F3N8O7. The van der Waals surface area contributed by atoms with Gasteiger partial charge in [0.25, 0.3) is 0 Å². The first kappa shape index (κ1) is 38.8. The lowest BCUT2D eigenvalue weighted by Gasteiger charge is -2.29. The molecule has 0 saturated carbocycles. The number of benzene rings is 3. The van der Waals surface area contributed by atoms with Gasteiger partial charge in [-0.15, -0.1) is 13.2 Å². The SMILES string of the molecule is [2H]CC([2H])(C)[C@]([2H])(NC(=O)OC)C(=O)N1CCC[C@@H]1c1nc2ccc(-c3ccc(-c4ccc5nc([C@H]6CCCN6C(=O)[C@@H](NC(=O)OC)C(C)C)[nH]c5c4)cc3OC(F)(F)F)cc2[nH]1. The second-order valence-corrected chi connectivity index (χ2v) is 15.4. The van der Waals surface area contributed by atoms with Crippen molar-refractivity contribution >= 4 is 46.1 Å². The van der Waals surface area contributed by atoms with Gasteiger partial charge in [-0.2, -0.15) is 0 Å². The molecule has 0 radical (unpaired) electrons. The molecule has 2 aliphatic heterocycles. The van der Waals surface area contributed by atoms with Crippen LogP contribution in [-0.2, 0) is 19.1 Å². The second kappa shape index (κ2) is 17.3. The van der Waals surface area contributed by atoms with Crippen LogP contribution in [0.5, 0.6) is 5.75 Å². The van der Waals surface area contributed by atoms with Gasteiger partial charge in [0.2, 0.25) is 11.8 Å². The minimum atomic E-state index is -5.03. The first-order chi connectivity index (χ1) is 30.3. The van der Waals surface area contributed by atoms with Crippen LogP contribution in [0.25, 0.3) is 44.3 Å². The molecule has 7 rings (SSSR count). The van der Waals surface area contributed by atoms with Gasteiger partial charge in [0, 0.05) is 21.4 Å². The highest BCUT2D eigenvalue weighted by molar-refractivity contribution is 5.89. The minimum Gasteiger partial charge on any atom is -0.453 e. The molecule has 4 N–H and O–H groups in total. The van der Waals surface area contributed by atoms with E-state index in [0.29, 0.717) is 76.2 Å². The molecule has 0 bridgehead atoms. The first-order valence-electron chi connectivity index (χ1n) is 21.5. The number of hydrogen-bond donors (Lipinski definition) is 4. The zero-order valence-electron chi connectivity index (χ0n) is 37.2. The Balaban J connectivity index is 1.16. The number of rotatable bonds is 11. The quantitative estimate of drug-likeness (QED) is 0.103. The molecule has 2 saturated heterocycles. The van der Waals surface area contributed by atoms with Gasteiger partial charge in [0.15, 0.2) is 0 Å². The normalized spacial score (nSPS) is 20.0. The van der Waals surface area contributed by atoms with E-state index in [-0.39, 0.29) is 23.9 Å². The topological polar surface area (TPSA) is 184 Å². The number of amides is 4. The Labute approximate surface area is 353 Å². The van der Waals surface area contributed by atoms with E-state index >= 15 is 0 Å². The van der Waals surface area contributed by atoms with Crippen LogP contribution in [0.15, 0.2) is 54.6 Å². The number of aromatic amines is 2. The number of methoxy groups -OCH3 is 2. The third-order valence-corrected chi connectivity index (χ3v) is 11.0. The van der Waals surface area contributed by atoms with Gasteiger partial charge in [0.05, 0.1) is 49.7 Å². The average molecular weight is 850 g/mol. The summed E-state index contributed by atoms with van der Waals surface area (Å²) in [4.78, 5) is 70.8. The fraction of sp³-hybridized carbons (Fsp3) is 0.442. The largest absolute Gasteiger partial charge is 0.573 e. The Kier molecular flexibility index (Phi) is 11.0. The van der Waals surface area contributed by atoms with Gasteiger partial charge < -0.3 is 44.6 Å². The molecule has 2 aliphatic rings. The summed E-state index contributed by atoms with van der Waals surface area (Å²) in [6, 6.07) is 10.1. The van der Waals surface area contributed by atoms with Crippen LogP contribution in [0.1, 0.15) is 81.2 Å². The maximum atomic E-state index is 14.0. The number of ether oxygens (including phenoxy) is 3. The molecular weight excluding hydrogens is 798 g/mol. The van der Waals surface area contributed by atoms with Gasteiger partial charge in [-0.05, 0) is 84.5 Å². The summed E-state index contributed by atoms with van der Waals surface area (Å²) in [5, 5.41) is 4.79. The van der Waals surface area contributed by atoms with Crippen molar-refractivity contribution in [2.24, 2.45) is 11.8 Å². The van der Waals surface area contributed by atoms with Gasteiger partial charge in [-0.3, -0.25) is 9.59 Å². The van der Waals surface area contributed by atoms with Crippen LogP contribution >= 0.6 is 0 Å². The van der Waals surface area contributed by atoms with Crippen LogP contribution < -0.4 is 15.4 Å². The molecule has 1 unspecified atom stereocenters. The standard InChI is InChI=1S/C43H49F3N8O7/c1-22(2)35(51-41(57)59-5)39(55)53-17-7-9-32(53)37-47-28-15-12-24(19-30(28)49-37)25-11-14-27(34(21-25)61-43(44,45)46)26-13-16-29-31(20-26)50-38(48-29)33-10-8-18-54(33)40(56)36(23(3)4)52-42(58)60-6/h11-16,19-23,32-33,35-36H,7-10,17-18H2,1-6H3,(H,47,49)(H,48,50)(H,51,57)(H,52,58)/t32-,33-,35+,36+/m1/s1/i3D,23D,36D/t23?,32-,33-,35+,36+. The maximum absolute atomic E-state index is 14.0. The molecule has 5 aromatic rings. The fourth-order valence-electron chi connectivity index (χ4n) is 8.00. The summed E-state index contributed by atoms with van der Waals surface area (Å²) in [6.07, 6.45) is -4.56. The smallest absolute Gasteiger partial charge is 0.453 e. The predicted molar refractivity (Wildman–Crippen MR) is 219 cm³/mol. The number of likely N-dealkylation sites (tertiary alicyclic amines) is 2. The lowest BCUT2D eigenvalue weighted by molar-refractivity contribution is -0.274. The summed E-state index contributed by atoms with van der Waals surface area (Å²) in [6.45, 7) is 4.83. The molecule has 3 aromatic carbocycles. The number of imidazole rings is 2. The Morgan fingerprint density at radius 2 is 1.31 bits per heavy atom. The van der Waals surface area contributed by atoms with Crippen molar-refractivity contribution < 1.29 is 50.7 Å². The lowest BCUT2D eigenvalue weighted by atomic mass is 9.98. The lowest BCUT2D eigenvalue weighted by Crippen LogP contribution is -2.51. The summed E-state index contributed by atoms with van der Waals surface area (Å²) in [7, 11) is 2.29. The summed E-state index contributed by atoms with van der Waals surface area (Å²) >= 11 is 0. The van der Waals surface area contributed by atoms with Crippen molar-refractivity contribution in [1.29, 1.82) is 0 Å². The van der Waals surface area contributed by atoms with Gasteiger partial charge in [-0.1, -0.05) is 51.9 Å². The van der Waals surface area contributed by atoms with E-state index in [1.165, 1.54) is 31.1 Å². The fourth-order valence-corrected chi connectivity index (χ4v) is 8.00. The summed E-state index contributed by atoms with van der Waals surface area (Å²) in [5.41, 5.74) is 3.57. The number of aromatic nitrogens is 4. The zero-order chi connectivity index (χ0) is 46.3. The van der Waals surface area contributed by atoms with Crippen LogP contribution in [-0.4, -0.2) is 99.5 Å². The van der Waals surface area contributed by atoms with Gasteiger partial charge >= 0.3 is 18.5 Å². The summed E-state index contributed by atoms with van der Waals surface area (Å²) < 4.78 is 81.3.